The molecule has 0 aliphatic carbocycles. The van der Waals surface area contributed by atoms with Crippen LogP contribution in [0, 0.1) is 29.6 Å². The van der Waals surface area contributed by atoms with Gasteiger partial charge in [-0.05, 0) is 25.7 Å². The van der Waals surface area contributed by atoms with Crippen molar-refractivity contribution in [3.63, 3.8) is 0 Å². The zero-order valence-electron chi connectivity index (χ0n) is 25.2. The molecule has 0 aromatic carbocycles. The molecule has 0 saturated carbocycles. The van der Waals surface area contributed by atoms with Gasteiger partial charge in [0.2, 0.25) is 0 Å². The SMILES string of the molecule is C.C.C.C.CC(=O)C(C)C.CC(C)CC(=O)O.CCOC(=O)C(C)C.COC(=O)C(C)C.COC(=O)CC(C)C. The molecular weight excluding hydrogens is 516 g/mol. The minimum Gasteiger partial charge on any atom is -0.481 e. The number of hydrogen-bond acceptors (Lipinski definition) is 8. The van der Waals surface area contributed by atoms with Crippen LogP contribution in [0.3, 0.4) is 0 Å². The maximum atomic E-state index is 10.5. The van der Waals surface area contributed by atoms with Crippen molar-refractivity contribution >= 4 is 29.7 Å². The van der Waals surface area contributed by atoms with E-state index in [1.165, 1.54) is 14.2 Å². The van der Waals surface area contributed by atoms with Crippen molar-refractivity contribution in [2.75, 3.05) is 20.8 Å². The van der Waals surface area contributed by atoms with Gasteiger partial charge >= 0.3 is 23.9 Å². The molecule has 1 N–H and O–H groups in total. The van der Waals surface area contributed by atoms with Crippen molar-refractivity contribution in [1.82, 2.24) is 0 Å². The fraction of sp³-hybridized carbons (Fsp3) is 0.839. The molecule has 0 aromatic rings. The van der Waals surface area contributed by atoms with E-state index in [-0.39, 0.29) is 83.5 Å². The summed E-state index contributed by atoms with van der Waals surface area (Å²) in [6.45, 7) is 22.6. The number of esters is 3. The highest BCUT2D eigenvalue weighted by Gasteiger charge is 2.05. The smallest absolute Gasteiger partial charge is 0.308 e. The molecule has 40 heavy (non-hydrogen) atoms. The zero-order valence-corrected chi connectivity index (χ0v) is 25.2. The Bertz CT molecular complexity index is 579. The van der Waals surface area contributed by atoms with Crippen LogP contribution in [-0.2, 0) is 38.2 Å². The fourth-order valence-electron chi connectivity index (χ4n) is 1.31. The van der Waals surface area contributed by atoms with Crippen LogP contribution in [0.4, 0.5) is 0 Å². The normalized spacial score (nSPS) is 8.47. The molecule has 0 radical (unpaired) electrons. The predicted octanol–water partition coefficient (Wildman–Crippen LogP) is 8.12. The Kier molecular flexibility index (Phi) is 63.1. The maximum Gasteiger partial charge on any atom is 0.308 e. The summed E-state index contributed by atoms with van der Waals surface area (Å²) in [5, 5.41) is 8.08. The predicted molar refractivity (Wildman–Crippen MR) is 169 cm³/mol. The Morgan fingerprint density at radius 2 is 0.925 bits per heavy atom. The van der Waals surface area contributed by atoms with Crippen LogP contribution in [0.5, 0.6) is 0 Å². The van der Waals surface area contributed by atoms with Gasteiger partial charge in [0.15, 0.2) is 0 Å². The monoisotopic (exact) mass is 587 g/mol. The number of carboxylic acids is 1. The quantitative estimate of drug-likeness (QED) is 0.221. The Balaban J connectivity index is -0.0000000420. The molecule has 0 aliphatic rings. The third-order valence-corrected chi connectivity index (χ3v) is 3.63. The molecule has 9 nitrogen and oxygen atoms in total. The Labute approximate surface area is 249 Å². The second-order valence-electron chi connectivity index (χ2n) is 9.52. The van der Waals surface area contributed by atoms with E-state index in [4.69, 9.17) is 5.11 Å². The average Bonchev–Trinajstić information content (AvgIpc) is 2.73. The number of carbonyl (C=O) groups excluding carboxylic acids is 4. The Hall–Kier alpha value is -2.45. The van der Waals surface area contributed by atoms with Gasteiger partial charge in [0.1, 0.15) is 5.78 Å². The maximum absolute atomic E-state index is 10.5. The summed E-state index contributed by atoms with van der Waals surface area (Å²) >= 11 is 0. The lowest BCUT2D eigenvalue weighted by Crippen LogP contribution is -2.10. The van der Waals surface area contributed by atoms with Gasteiger partial charge in [0, 0.05) is 18.8 Å². The summed E-state index contributed by atoms with van der Waals surface area (Å²) in [6, 6.07) is 0. The molecule has 0 rings (SSSR count). The van der Waals surface area contributed by atoms with Crippen LogP contribution in [0.25, 0.3) is 0 Å². The first-order chi connectivity index (χ1) is 16.3. The van der Waals surface area contributed by atoms with Gasteiger partial charge in [-0.1, -0.05) is 98.9 Å². The highest BCUT2D eigenvalue weighted by atomic mass is 16.5. The molecule has 0 unspecified atom stereocenters. The molecule has 0 bridgehead atoms. The number of carbonyl (C=O) groups is 5. The summed E-state index contributed by atoms with van der Waals surface area (Å²) in [7, 11) is 2.80. The molecule has 248 valence electrons. The molecule has 9 heteroatoms. The average molecular weight is 587 g/mol. The summed E-state index contributed by atoms with van der Waals surface area (Å²) in [5.41, 5.74) is 0. The van der Waals surface area contributed by atoms with Gasteiger partial charge < -0.3 is 19.3 Å². The van der Waals surface area contributed by atoms with Crippen LogP contribution in [0.1, 0.15) is 126 Å². The second kappa shape index (κ2) is 41.0. The number of methoxy groups -OCH3 is 2. The minimum atomic E-state index is -0.713. The standard InChI is InChI=1S/2C6H12O2.2C5H10O2.C5H10O.4CH4/c1-5(2)4-6(7)8-3;1-4-8-6(7)5(2)3;1-4(2)5(6)7-3;1-4(2)3-5(6)7;1-4(2)5(3)6;;;;/h2*5H,4H2,1-3H3;4H,1-3H3;4H,3H2,1-2H3,(H,6,7);4H,1-3H3;4*1H4. The number of ether oxygens (including phenoxy) is 3. The molecule has 0 amide bonds. The van der Waals surface area contributed by atoms with E-state index in [1.807, 2.05) is 55.4 Å². The van der Waals surface area contributed by atoms with Crippen molar-refractivity contribution in [2.45, 2.75) is 126 Å². The van der Waals surface area contributed by atoms with Gasteiger partial charge in [0.25, 0.3) is 0 Å². The van der Waals surface area contributed by atoms with Gasteiger partial charge in [-0.25, -0.2) is 0 Å². The van der Waals surface area contributed by atoms with E-state index < -0.39 is 5.97 Å². The molecule has 0 spiro atoms. The molecular formula is C31H70O9. The van der Waals surface area contributed by atoms with E-state index in [0.717, 1.165) is 0 Å². The number of carboxylic acid groups (broad SMARTS) is 1. The second-order valence-corrected chi connectivity index (χ2v) is 9.52. The third kappa shape index (κ3) is 70.4. The van der Waals surface area contributed by atoms with E-state index in [2.05, 4.69) is 14.2 Å². The van der Waals surface area contributed by atoms with Gasteiger partial charge in [-0.3, -0.25) is 24.0 Å². The van der Waals surface area contributed by atoms with Crippen molar-refractivity contribution in [2.24, 2.45) is 29.6 Å². The molecule has 0 fully saturated rings. The van der Waals surface area contributed by atoms with Crippen LogP contribution in [0.15, 0.2) is 0 Å². The molecule has 0 saturated heterocycles. The lowest BCUT2D eigenvalue weighted by atomic mass is 10.1. The Morgan fingerprint density at radius 3 is 0.975 bits per heavy atom. The molecule has 0 atom stereocenters. The highest BCUT2D eigenvalue weighted by Crippen LogP contribution is 1.99. The highest BCUT2D eigenvalue weighted by molar-refractivity contribution is 5.77. The van der Waals surface area contributed by atoms with E-state index in [9.17, 15) is 24.0 Å². The Morgan fingerprint density at radius 1 is 0.600 bits per heavy atom. The van der Waals surface area contributed by atoms with Crippen LogP contribution >= 0.6 is 0 Å². The lowest BCUT2D eigenvalue weighted by molar-refractivity contribution is -0.147. The minimum absolute atomic E-state index is 0. The first-order valence-electron chi connectivity index (χ1n) is 12.3. The molecule has 0 aliphatic heterocycles. The summed E-state index contributed by atoms with van der Waals surface area (Å²) in [4.78, 5) is 51.2. The van der Waals surface area contributed by atoms with Crippen molar-refractivity contribution < 1.29 is 43.3 Å². The topological polar surface area (TPSA) is 133 Å². The number of hydrogen-bond donors (Lipinski definition) is 1. The van der Waals surface area contributed by atoms with Gasteiger partial charge in [-0.2, -0.15) is 0 Å². The number of rotatable bonds is 8. The van der Waals surface area contributed by atoms with Crippen molar-refractivity contribution in [3.05, 3.63) is 0 Å². The van der Waals surface area contributed by atoms with E-state index in [0.29, 0.717) is 18.9 Å². The largest absolute Gasteiger partial charge is 0.481 e. The van der Waals surface area contributed by atoms with Crippen LogP contribution < -0.4 is 0 Å². The summed E-state index contributed by atoms with van der Waals surface area (Å²) < 4.78 is 13.5. The van der Waals surface area contributed by atoms with Crippen molar-refractivity contribution in [1.29, 1.82) is 0 Å². The summed E-state index contributed by atoms with van der Waals surface area (Å²) in [5.74, 6) is 0.0578. The van der Waals surface area contributed by atoms with Gasteiger partial charge in [0.05, 0.1) is 32.7 Å². The first-order valence-corrected chi connectivity index (χ1v) is 12.3. The zero-order chi connectivity index (χ0) is 30.0. The molecule has 0 aromatic heterocycles. The van der Waals surface area contributed by atoms with Crippen LogP contribution in [0.2, 0.25) is 0 Å². The van der Waals surface area contributed by atoms with E-state index in [1.54, 1.807) is 27.7 Å². The third-order valence-electron chi connectivity index (χ3n) is 3.63. The number of aliphatic carboxylic acids is 1. The van der Waals surface area contributed by atoms with Crippen LogP contribution in [-0.4, -0.2) is 55.6 Å². The fourth-order valence-corrected chi connectivity index (χ4v) is 1.31. The van der Waals surface area contributed by atoms with E-state index >= 15 is 0 Å². The number of ketones is 1. The van der Waals surface area contributed by atoms with Crippen molar-refractivity contribution in [3.8, 4) is 0 Å². The summed E-state index contributed by atoms with van der Waals surface area (Å²) in [6.07, 6.45) is 0.802. The van der Waals surface area contributed by atoms with Gasteiger partial charge in [-0.15, -0.1) is 0 Å². The first kappa shape index (κ1) is 61.5. The lowest BCUT2D eigenvalue weighted by Gasteiger charge is -2.01. The number of Topliss-reactive ketones (excluding diaryl/α,β-unsaturated/α-hetero) is 1. The molecule has 0 heterocycles.